The highest BCUT2D eigenvalue weighted by atomic mass is 16.4. The number of furan rings is 1. The zero-order chi connectivity index (χ0) is 9.26. The van der Waals surface area contributed by atoms with Crippen molar-refractivity contribution < 1.29 is 14.3 Å². The van der Waals surface area contributed by atoms with E-state index in [9.17, 15) is 4.79 Å². The SMILES string of the molecule is O=C(O)C1CC1NCc1ccco1. The van der Waals surface area contributed by atoms with E-state index in [-0.39, 0.29) is 12.0 Å². The molecule has 2 atom stereocenters. The van der Waals surface area contributed by atoms with Crippen molar-refractivity contribution in [2.75, 3.05) is 0 Å². The maximum Gasteiger partial charge on any atom is 0.308 e. The van der Waals surface area contributed by atoms with Gasteiger partial charge in [-0.1, -0.05) is 0 Å². The van der Waals surface area contributed by atoms with Gasteiger partial charge in [0.2, 0.25) is 0 Å². The number of rotatable bonds is 4. The molecule has 70 valence electrons. The zero-order valence-electron chi connectivity index (χ0n) is 7.06. The summed E-state index contributed by atoms with van der Waals surface area (Å²) in [5, 5.41) is 11.7. The molecular formula is C9H11NO3. The summed E-state index contributed by atoms with van der Waals surface area (Å²) in [5.74, 6) is -0.0667. The van der Waals surface area contributed by atoms with Crippen LogP contribution in [-0.4, -0.2) is 17.1 Å². The second kappa shape index (κ2) is 3.22. The van der Waals surface area contributed by atoms with Crippen LogP contribution < -0.4 is 5.32 Å². The lowest BCUT2D eigenvalue weighted by atomic mass is 10.4. The number of aliphatic carboxylic acids is 1. The minimum Gasteiger partial charge on any atom is -0.481 e. The van der Waals surface area contributed by atoms with Gasteiger partial charge in [-0.3, -0.25) is 4.79 Å². The average molecular weight is 181 g/mol. The van der Waals surface area contributed by atoms with Gasteiger partial charge in [0.1, 0.15) is 5.76 Å². The van der Waals surface area contributed by atoms with Crippen molar-refractivity contribution in [2.24, 2.45) is 5.92 Å². The third-order valence-corrected chi connectivity index (χ3v) is 2.23. The van der Waals surface area contributed by atoms with Crippen LogP contribution in [0.5, 0.6) is 0 Å². The summed E-state index contributed by atoms with van der Waals surface area (Å²) in [5.41, 5.74) is 0. The highest BCUT2D eigenvalue weighted by Crippen LogP contribution is 2.30. The van der Waals surface area contributed by atoms with Gasteiger partial charge in [-0.2, -0.15) is 0 Å². The second-order valence-electron chi connectivity index (χ2n) is 3.25. The number of carboxylic acid groups (broad SMARTS) is 1. The van der Waals surface area contributed by atoms with E-state index < -0.39 is 5.97 Å². The molecule has 1 saturated carbocycles. The Morgan fingerprint density at radius 3 is 3.15 bits per heavy atom. The highest BCUT2D eigenvalue weighted by Gasteiger charge is 2.42. The fourth-order valence-electron chi connectivity index (χ4n) is 1.34. The van der Waals surface area contributed by atoms with Crippen LogP contribution in [0.2, 0.25) is 0 Å². The van der Waals surface area contributed by atoms with Gasteiger partial charge in [-0.05, 0) is 18.6 Å². The first kappa shape index (κ1) is 8.31. The quantitative estimate of drug-likeness (QED) is 0.722. The Morgan fingerprint density at radius 1 is 1.77 bits per heavy atom. The Bertz CT molecular complexity index is 294. The molecule has 0 amide bonds. The molecule has 4 heteroatoms. The zero-order valence-corrected chi connectivity index (χ0v) is 7.06. The first-order valence-corrected chi connectivity index (χ1v) is 4.26. The highest BCUT2D eigenvalue weighted by molar-refractivity contribution is 5.74. The summed E-state index contributed by atoms with van der Waals surface area (Å²) in [6.07, 6.45) is 2.34. The Hall–Kier alpha value is -1.29. The lowest BCUT2D eigenvalue weighted by Gasteiger charge is -1.98. The normalized spacial score (nSPS) is 25.8. The van der Waals surface area contributed by atoms with E-state index in [1.165, 1.54) is 0 Å². The van der Waals surface area contributed by atoms with E-state index in [2.05, 4.69) is 5.32 Å². The summed E-state index contributed by atoms with van der Waals surface area (Å²) in [4.78, 5) is 10.5. The topological polar surface area (TPSA) is 62.5 Å². The second-order valence-corrected chi connectivity index (χ2v) is 3.25. The number of nitrogens with one attached hydrogen (secondary N) is 1. The molecule has 1 heterocycles. The van der Waals surface area contributed by atoms with Crippen LogP contribution >= 0.6 is 0 Å². The van der Waals surface area contributed by atoms with Gasteiger partial charge in [0.05, 0.1) is 18.7 Å². The summed E-state index contributed by atoms with van der Waals surface area (Å²) >= 11 is 0. The predicted octanol–water partition coefficient (Wildman–Crippen LogP) is 0.842. The molecule has 0 bridgehead atoms. The number of carboxylic acids is 1. The minimum atomic E-state index is -0.711. The van der Waals surface area contributed by atoms with E-state index in [0.717, 1.165) is 12.2 Å². The van der Waals surface area contributed by atoms with Gasteiger partial charge in [-0.15, -0.1) is 0 Å². The van der Waals surface area contributed by atoms with Crippen molar-refractivity contribution in [2.45, 2.75) is 19.0 Å². The molecule has 0 spiro atoms. The van der Waals surface area contributed by atoms with E-state index in [0.29, 0.717) is 6.54 Å². The molecule has 2 unspecified atom stereocenters. The molecule has 1 fully saturated rings. The van der Waals surface area contributed by atoms with E-state index in [1.807, 2.05) is 12.1 Å². The van der Waals surface area contributed by atoms with Gasteiger partial charge < -0.3 is 14.8 Å². The maximum atomic E-state index is 10.5. The number of hydrogen-bond donors (Lipinski definition) is 2. The van der Waals surface area contributed by atoms with E-state index in [4.69, 9.17) is 9.52 Å². The third-order valence-electron chi connectivity index (χ3n) is 2.23. The van der Waals surface area contributed by atoms with Gasteiger partial charge in [0.15, 0.2) is 0 Å². The van der Waals surface area contributed by atoms with Crippen molar-refractivity contribution in [3.63, 3.8) is 0 Å². The Kier molecular flexibility index (Phi) is 2.06. The van der Waals surface area contributed by atoms with Gasteiger partial charge in [-0.25, -0.2) is 0 Å². The van der Waals surface area contributed by atoms with Gasteiger partial charge in [0, 0.05) is 6.04 Å². The summed E-state index contributed by atoms with van der Waals surface area (Å²) in [7, 11) is 0. The molecule has 1 aliphatic rings. The van der Waals surface area contributed by atoms with Crippen molar-refractivity contribution in [3.05, 3.63) is 24.2 Å². The standard InChI is InChI=1S/C9H11NO3/c11-9(12)7-4-8(7)10-5-6-2-1-3-13-6/h1-3,7-8,10H,4-5H2,(H,11,12). The van der Waals surface area contributed by atoms with Crippen molar-refractivity contribution in [1.82, 2.24) is 5.32 Å². The largest absolute Gasteiger partial charge is 0.481 e. The van der Waals surface area contributed by atoms with Gasteiger partial charge >= 0.3 is 5.97 Å². The first-order valence-electron chi connectivity index (χ1n) is 4.26. The molecule has 0 aliphatic heterocycles. The molecule has 13 heavy (non-hydrogen) atoms. The van der Waals surface area contributed by atoms with Gasteiger partial charge in [0.25, 0.3) is 0 Å². The van der Waals surface area contributed by atoms with Crippen molar-refractivity contribution in [3.8, 4) is 0 Å². The number of hydrogen-bond acceptors (Lipinski definition) is 3. The Balaban J connectivity index is 1.74. The molecule has 4 nitrogen and oxygen atoms in total. The van der Waals surface area contributed by atoms with Crippen LogP contribution in [0, 0.1) is 5.92 Å². The lowest BCUT2D eigenvalue weighted by molar-refractivity contribution is -0.138. The van der Waals surface area contributed by atoms with Crippen molar-refractivity contribution >= 4 is 5.97 Å². The Morgan fingerprint density at radius 2 is 2.62 bits per heavy atom. The minimum absolute atomic E-state index is 0.127. The monoisotopic (exact) mass is 181 g/mol. The van der Waals surface area contributed by atoms with Crippen LogP contribution in [0.4, 0.5) is 0 Å². The van der Waals surface area contributed by atoms with Crippen LogP contribution in [0.25, 0.3) is 0 Å². The number of carbonyl (C=O) groups is 1. The molecule has 1 aliphatic carbocycles. The summed E-state index contributed by atoms with van der Waals surface area (Å²) < 4.78 is 5.10. The molecule has 0 saturated heterocycles. The maximum absolute atomic E-state index is 10.5. The van der Waals surface area contributed by atoms with Crippen LogP contribution in [0.3, 0.4) is 0 Å². The fraction of sp³-hybridized carbons (Fsp3) is 0.444. The van der Waals surface area contributed by atoms with Crippen LogP contribution in [0.15, 0.2) is 22.8 Å². The van der Waals surface area contributed by atoms with E-state index >= 15 is 0 Å². The van der Waals surface area contributed by atoms with Crippen LogP contribution in [0.1, 0.15) is 12.2 Å². The molecule has 2 rings (SSSR count). The molecule has 0 radical (unpaired) electrons. The van der Waals surface area contributed by atoms with Crippen molar-refractivity contribution in [1.29, 1.82) is 0 Å². The fourth-order valence-corrected chi connectivity index (χ4v) is 1.34. The smallest absolute Gasteiger partial charge is 0.308 e. The molecule has 2 N–H and O–H groups in total. The molecular weight excluding hydrogens is 170 g/mol. The summed E-state index contributed by atoms with van der Waals surface area (Å²) in [6, 6.07) is 3.81. The first-order chi connectivity index (χ1) is 6.27. The molecule has 1 aromatic rings. The predicted molar refractivity (Wildman–Crippen MR) is 45.1 cm³/mol. The van der Waals surface area contributed by atoms with Crippen LogP contribution in [-0.2, 0) is 11.3 Å². The summed E-state index contributed by atoms with van der Waals surface area (Å²) in [6.45, 7) is 0.613. The Labute approximate surface area is 75.6 Å². The van der Waals surface area contributed by atoms with E-state index in [1.54, 1.807) is 6.26 Å². The molecule has 0 aromatic carbocycles. The average Bonchev–Trinajstić information content (AvgIpc) is 2.70. The third kappa shape index (κ3) is 1.89. The lowest BCUT2D eigenvalue weighted by Crippen LogP contribution is -2.19. The molecule has 1 aromatic heterocycles.